The first-order valence-corrected chi connectivity index (χ1v) is 8.87. The molecule has 2 aromatic rings. The van der Waals surface area contributed by atoms with Gasteiger partial charge in [-0.1, -0.05) is 30.3 Å². The van der Waals surface area contributed by atoms with Gasteiger partial charge >= 0.3 is 0 Å². The molecule has 1 aliphatic rings. The molecule has 0 saturated carbocycles. The zero-order chi connectivity index (χ0) is 18.4. The molecule has 1 atom stereocenters. The molecule has 2 N–H and O–H groups in total. The predicted molar refractivity (Wildman–Crippen MR) is 102 cm³/mol. The van der Waals surface area contributed by atoms with Gasteiger partial charge in [0.05, 0.1) is 0 Å². The van der Waals surface area contributed by atoms with E-state index in [0.717, 1.165) is 25.6 Å². The Kier molecular flexibility index (Phi) is 6.04. The average Bonchev–Trinajstić information content (AvgIpc) is 3.13. The maximum atomic E-state index is 13.7. The molecule has 0 aliphatic carbocycles. The molecule has 0 radical (unpaired) electrons. The Hall–Kier alpha value is -2.63. The lowest BCUT2D eigenvalue weighted by Gasteiger charge is -2.20. The summed E-state index contributed by atoms with van der Waals surface area (Å²) in [6, 6.07) is 14.9. The minimum absolute atomic E-state index is 0.298. The van der Waals surface area contributed by atoms with Crippen LogP contribution in [0.3, 0.4) is 0 Å². The SMILES string of the molecule is CN=C(NCCc1cccc(F)c1F)NC1CCN(c2ccccc2)C1. The summed E-state index contributed by atoms with van der Waals surface area (Å²) in [6.45, 7) is 2.38. The fraction of sp³-hybridized carbons (Fsp3) is 0.350. The molecule has 0 bridgehead atoms. The lowest BCUT2D eigenvalue weighted by atomic mass is 10.1. The topological polar surface area (TPSA) is 39.7 Å². The van der Waals surface area contributed by atoms with Crippen molar-refractivity contribution in [1.82, 2.24) is 10.6 Å². The van der Waals surface area contributed by atoms with Crippen LogP contribution in [0.4, 0.5) is 14.5 Å². The number of halogens is 2. The van der Waals surface area contributed by atoms with E-state index in [2.05, 4.69) is 32.7 Å². The number of para-hydroxylation sites is 1. The number of nitrogens with one attached hydrogen (secondary N) is 2. The average molecular weight is 358 g/mol. The van der Waals surface area contributed by atoms with Crippen molar-refractivity contribution in [3.05, 3.63) is 65.7 Å². The smallest absolute Gasteiger partial charge is 0.191 e. The first-order chi connectivity index (χ1) is 12.7. The Balaban J connectivity index is 1.47. The van der Waals surface area contributed by atoms with E-state index in [1.807, 2.05) is 18.2 Å². The maximum Gasteiger partial charge on any atom is 0.191 e. The summed E-state index contributed by atoms with van der Waals surface area (Å²) >= 11 is 0. The number of hydrogen-bond acceptors (Lipinski definition) is 2. The normalized spacial score (nSPS) is 17.4. The van der Waals surface area contributed by atoms with E-state index in [4.69, 9.17) is 0 Å². The van der Waals surface area contributed by atoms with Gasteiger partial charge in [-0.25, -0.2) is 8.78 Å². The van der Waals surface area contributed by atoms with Gasteiger partial charge in [-0.3, -0.25) is 4.99 Å². The molecule has 26 heavy (non-hydrogen) atoms. The molecular weight excluding hydrogens is 334 g/mol. The van der Waals surface area contributed by atoms with Gasteiger partial charge in [-0.2, -0.15) is 0 Å². The minimum Gasteiger partial charge on any atom is -0.369 e. The number of nitrogens with zero attached hydrogens (tertiary/aromatic N) is 2. The Morgan fingerprint density at radius 2 is 1.96 bits per heavy atom. The van der Waals surface area contributed by atoms with Crippen LogP contribution in [0.15, 0.2) is 53.5 Å². The number of hydrogen-bond donors (Lipinski definition) is 2. The van der Waals surface area contributed by atoms with E-state index in [1.165, 1.54) is 11.8 Å². The highest BCUT2D eigenvalue weighted by Gasteiger charge is 2.23. The van der Waals surface area contributed by atoms with E-state index in [0.29, 0.717) is 30.5 Å². The van der Waals surface area contributed by atoms with E-state index >= 15 is 0 Å². The van der Waals surface area contributed by atoms with Crippen molar-refractivity contribution in [1.29, 1.82) is 0 Å². The lowest BCUT2D eigenvalue weighted by molar-refractivity contribution is 0.498. The zero-order valence-electron chi connectivity index (χ0n) is 14.9. The third kappa shape index (κ3) is 4.50. The summed E-state index contributed by atoms with van der Waals surface area (Å²) in [5, 5.41) is 6.58. The summed E-state index contributed by atoms with van der Waals surface area (Å²) in [5.41, 5.74) is 1.59. The fourth-order valence-electron chi connectivity index (χ4n) is 3.20. The predicted octanol–water partition coefficient (Wildman–Crippen LogP) is 2.95. The van der Waals surface area contributed by atoms with Gasteiger partial charge in [-0.15, -0.1) is 0 Å². The standard InChI is InChI=1S/C20H24F2N4/c1-23-20(24-12-10-15-6-5-9-18(21)19(15)22)25-16-11-13-26(14-16)17-7-3-2-4-8-17/h2-9,16H,10-14H2,1H3,(H2,23,24,25). The summed E-state index contributed by atoms with van der Waals surface area (Å²) in [7, 11) is 1.71. The van der Waals surface area contributed by atoms with E-state index in [-0.39, 0.29) is 0 Å². The maximum absolute atomic E-state index is 13.7. The van der Waals surface area contributed by atoms with Crippen molar-refractivity contribution in [3.63, 3.8) is 0 Å². The van der Waals surface area contributed by atoms with Crippen molar-refractivity contribution >= 4 is 11.6 Å². The van der Waals surface area contributed by atoms with Crippen LogP contribution < -0.4 is 15.5 Å². The molecule has 1 heterocycles. The Labute approximate surface area is 152 Å². The molecule has 3 rings (SSSR count). The van der Waals surface area contributed by atoms with Crippen LogP contribution >= 0.6 is 0 Å². The molecule has 0 spiro atoms. The quantitative estimate of drug-likeness (QED) is 0.638. The second-order valence-electron chi connectivity index (χ2n) is 6.37. The Bertz CT molecular complexity index is 749. The summed E-state index contributed by atoms with van der Waals surface area (Å²) in [6.07, 6.45) is 1.42. The molecule has 1 saturated heterocycles. The van der Waals surface area contributed by atoms with Crippen LogP contribution in [0.25, 0.3) is 0 Å². The van der Waals surface area contributed by atoms with Gasteiger partial charge < -0.3 is 15.5 Å². The van der Waals surface area contributed by atoms with Crippen LogP contribution in [-0.2, 0) is 6.42 Å². The summed E-state index contributed by atoms with van der Waals surface area (Å²) < 4.78 is 26.9. The third-order valence-electron chi connectivity index (χ3n) is 4.59. The number of anilines is 1. The number of guanidine groups is 1. The highest BCUT2D eigenvalue weighted by molar-refractivity contribution is 5.80. The molecule has 0 amide bonds. The van der Waals surface area contributed by atoms with Crippen molar-refractivity contribution in [3.8, 4) is 0 Å². The van der Waals surface area contributed by atoms with Gasteiger partial charge in [0, 0.05) is 38.4 Å². The van der Waals surface area contributed by atoms with Crippen molar-refractivity contribution in [2.45, 2.75) is 18.9 Å². The second-order valence-corrected chi connectivity index (χ2v) is 6.37. The van der Waals surface area contributed by atoms with Crippen LogP contribution in [-0.4, -0.2) is 38.7 Å². The molecule has 2 aromatic carbocycles. The molecule has 138 valence electrons. The van der Waals surface area contributed by atoms with Crippen molar-refractivity contribution in [2.24, 2.45) is 4.99 Å². The number of benzene rings is 2. The molecular formula is C20H24F2N4. The largest absolute Gasteiger partial charge is 0.369 e. The number of aliphatic imine (C=N–C) groups is 1. The molecule has 4 nitrogen and oxygen atoms in total. The zero-order valence-corrected chi connectivity index (χ0v) is 14.9. The van der Waals surface area contributed by atoms with Crippen molar-refractivity contribution in [2.75, 3.05) is 31.6 Å². The molecule has 1 fully saturated rings. The fourth-order valence-corrected chi connectivity index (χ4v) is 3.20. The van der Waals surface area contributed by atoms with E-state index in [1.54, 1.807) is 13.1 Å². The monoisotopic (exact) mass is 358 g/mol. The van der Waals surface area contributed by atoms with Gasteiger partial charge in [0.2, 0.25) is 0 Å². The third-order valence-corrected chi connectivity index (χ3v) is 4.59. The number of rotatable bonds is 5. The van der Waals surface area contributed by atoms with Gasteiger partial charge in [0.1, 0.15) is 0 Å². The second kappa shape index (κ2) is 8.65. The Morgan fingerprint density at radius 3 is 2.73 bits per heavy atom. The van der Waals surface area contributed by atoms with Crippen LogP contribution in [0.2, 0.25) is 0 Å². The first-order valence-electron chi connectivity index (χ1n) is 8.87. The molecule has 1 aliphatic heterocycles. The molecule has 1 unspecified atom stereocenters. The van der Waals surface area contributed by atoms with Crippen molar-refractivity contribution < 1.29 is 8.78 Å². The summed E-state index contributed by atoms with van der Waals surface area (Å²) in [4.78, 5) is 6.57. The van der Waals surface area contributed by atoms with Gasteiger partial charge in [0.15, 0.2) is 17.6 Å². The first kappa shape index (κ1) is 18.2. The molecule has 0 aromatic heterocycles. The summed E-state index contributed by atoms with van der Waals surface area (Å²) in [5.74, 6) is -0.898. The van der Waals surface area contributed by atoms with E-state index < -0.39 is 11.6 Å². The van der Waals surface area contributed by atoms with E-state index in [9.17, 15) is 8.78 Å². The van der Waals surface area contributed by atoms with Gasteiger partial charge in [-0.05, 0) is 36.6 Å². The molecule has 6 heteroatoms. The van der Waals surface area contributed by atoms with Gasteiger partial charge in [0.25, 0.3) is 0 Å². The highest BCUT2D eigenvalue weighted by Crippen LogP contribution is 2.19. The highest BCUT2D eigenvalue weighted by atomic mass is 19.2. The minimum atomic E-state index is -0.808. The van der Waals surface area contributed by atoms with Crippen LogP contribution in [0.1, 0.15) is 12.0 Å². The lowest BCUT2D eigenvalue weighted by Crippen LogP contribution is -2.45. The van der Waals surface area contributed by atoms with Crippen LogP contribution in [0, 0.1) is 11.6 Å². The van der Waals surface area contributed by atoms with Crippen LogP contribution in [0.5, 0.6) is 0 Å². The Morgan fingerprint density at radius 1 is 1.15 bits per heavy atom.